The van der Waals surface area contributed by atoms with Crippen molar-refractivity contribution < 1.29 is 60.1 Å². The van der Waals surface area contributed by atoms with Crippen LogP contribution in [0.2, 0.25) is 0 Å². The molecular weight excluding hydrogens is 717 g/mol. The molecule has 4 aromatic carbocycles. The van der Waals surface area contributed by atoms with Crippen LogP contribution in [0.15, 0.2) is 84.9 Å². The predicted molar refractivity (Wildman–Crippen MR) is 166 cm³/mol. The molecule has 0 radical (unpaired) electrons. The van der Waals surface area contributed by atoms with Gasteiger partial charge in [-0.2, -0.15) is 26.3 Å². The van der Waals surface area contributed by atoms with E-state index < -0.39 is 45.2 Å². The quantitative estimate of drug-likeness (QED) is 0.114. The van der Waals surface area contributed by atoms with Gasteiger partial charge in [0.1, 0.15) is 11.5 Å². The third kappa shape index (κ3) is 10.7. The molecule has 0 aliphatic heterocycles. The minimum atomic E-state index is -4.44. The predicted octanol–water partition coefficient (Wildman–Crippen LogP) is 9.36. The Bertz CT molecular complexity index is 1640. The molecule has 1 N–H and O–H groups in total. The van der Waals surface area contributed by atoms with E-state index >= 15 is 0 Å². The lowest BCUT2D eigenvalue weighted by molar-refractivity contribution is -0.138. The minimum absolute atomic E-state index is 0.0332. The van der Waals surface area contributed by atoms with Crippen LogP contribution in [0.25, 0.3) is 22.3 Å². The molecule has 48 heavy (non-hydrogen) atoms. The molecule has 4 rings (SSSR count). The van der Waals surface area contributed by atoms with Crippen LogP contribution >= 0.6 is 34.8 Å². The Morgan fingerprint density at radius 3 is 1.17 bits per heavy atom. The van der Waals surface area contributed by atoms with Crippen LogP contribution in [0, 0.1) is 0 Å². The Kier molecular flexibility index (Phi) is 14.0. The fourth-order valence-electron chi connectivity index (χ4n) is 3.99. The number of alkyl halides is 6. The van der Waals surface area contributed by atoms with E-state index in [1.807, 2.05) is 0 Å². The molecule has 7 nitrogen and oxygen atoms in total. The van der Waals surface area contributed by atoms with E-state index in [4.69, 9.17) is 21.1 Å². The fraction of sp³-hybridized carbons (Fsp3) is 0.125. The monoisotopic (exact) mass is 736 g/mol. The van der Waals surface area contributed by atoms with Gasteiger partial charge in [-0.15, -0.1) is 0 Å². The SMILES string of the molecule is COc1cccc(C(=O)Cl)c1-c1ccc(C(F)(F)F)cc1.COc1cccc(C(=O)O)c1-c1ccc(C(F)(F)F)cc1.O=C(Cl)C(=O)Cl. The smallest absolute Gasteiger partial charge is 0.416 e. The molecule has 254 valence electrons. The molecule has 0 aliphatic rings. The summed E-state index contributed by atoms with van der Waals surface area (Å²) in [7, 11) is 2.78. The summed E-state index contributed by atoms with van der Waals surface area (Å²) in [5.74, 6) is -0.528. The lowest BCUT2D eigenvalue weighted by atomic mass is 9.97. The molecule has 0 unspecified atom stereocenters. The highest BCUT2D eigenvalue weighted by Gasteiger charge is 2.31. The standard InChI is InChI=1S/C15H10ClF3O2.C15H11F3O3.C2Cl2O2/c1-21-12-4-2-3-11(14(16)20)13(12)9-5-7-10(8-6-9)15(17,18)19;1-21-12-4-2-3-11(14(19)20)13(12)9-5-7-10(8-6-9)15(16,17)18;3-1(5)2(4)6/h2-8H,1H3;2-8H,1H3,(H,19,20);. The van der Waals surface area contributed by atoms with Gasteiger partial charge in [0.15, 0.2) is 0 Å². The maximum atomic E-state index is 12.6. The highest BCUT2D eigenvalue weighted by atomic mass is 35.5. The van der Waals surface area contributed by atoms with Crippen LogP contribution < -0.4 is 9.47 Å². The van der Waals surface area contributed by atoms with Crippen LogP contribution in [0.1, 0.15) is 31.8 Å². The summed E-state index contributed by atoms with van der Waals surface area (Å²) in [5, 5.41) is 6.21. The molecule has 0 aliphatic carbocycles. The van der Waals surface area contributed by atoms with Gasteiger partial charge in [-0.3, -0.25) is 14.4 Å². The number of benzene rings is 4. The second kappa shape index (κ2) is 17.0. The van der Waals surface area contributed by atoms with Gasteiger partial charge in [-0.1, -0.05) is 36.4 Å². The Morgan fingerprint density at radius 2 is 0.896 bits per heavy atom. The third-order valence-corrected chi connectivity index (χ3v) is 6.73. The summed E-state index contributed by atoms with van der Waals surface area (Å²) >= 11 is 14.5. The number of hydrogen-bond donors (Lipinski definition) is 1. The second-order valence-electron chi connectivity index (χ2n) is 9.04. The molecule has 0 aromatic heterocycles. The Hall–Kier alpha value is -4.59. The molecule has 0 spiro atoms. The second-order valence-corrected chi connectivity index (χ2v) is 10.1. The van der Waals surface area contributed by atoms with Crippen molar-refractivity contribution in [2.45, 2.75) is 12.4 Å². The van der Waals surface area contributed by atoms with Crippen molar-refractivity contribution in [3.8, 4) is 33.8 Å². The Balaban J connectivity index is 0.000000286. The number of hydrogen-bond acceptors (Lipinski definition) is 6. The summed E-state index contributed by atoms with van der Waals surface area (Å²) < 4.78 is 85.7. The van der Waals surface area contributed by atoms with Crippen molar-refractivity contribution in [2.75, 3.05) is 14.2 Å². The zero-order valence-corrected chi connectivity index (χ0v) is 26.6. The van der Waals surface area contributed by atoms with Gasteiger partial charge in [0.25, 0.3) is 5.24 Å². The number of ether oxygens (including phenoxy) is 2. The molecule has 0 heterocycles. The molecule has 0 fully saturated rings. The van der Waals surface area contributed by atoms with E-state index in [-0.39, 0.29) is 22.4 Å². The molecule has 0 amide bonds. The summed E-state index contributed by atoms with van der Waals surface area (Å²) in [6, 6.07) is 17.9. The number of carboxylic acids is 1. The van der Waals surface area contributed by atoms with Crippen molar-refractivity contribution in [1.29, 1.82) is 0 Å². The molecule has 4 aromatic rings. The number of carboxylic acid groups (broad SMARTS) is 1. The van der Waals surface area contributed by atoms with Crippen LogP contribution in [0.4, 0.5) is 26.3 Å². The largest absolute Gasteiger partial charge is 0.496 e. The van der Waals surface area contributed by atoms with Gasteiger partial charge >= 0.3 is 28.8 Å². The lowest BCUT2D eigenvalue weighted by Crippen LogP contribution is -2.05. The van der Waals surface area contributed by atoms with Crippen molar-refractivity contribution in [2.24, 2.45) is 0 Å². The zero-order chi connectivity index (χ0) is 36.4. The van der Waals surface area contributed by atoms with Crippen molar-refractivity contribution in [1.82, 2.24) is 0 Å². The highest BCUT2D eigenvalue weighted by molar-refractivity contribution is 6.97. The Labute approximate surface area is 283 Å². The maximum absolute atomic E-state index is 12.6. The fourth-order valence-corrected chi connectivity index (χ4v) is 4.15. The van der Waals surface area contributed by atoms with Crippen molar-refractivity contribution in [3.63, 3.8) is 0 Å². The number of rotatable bonds is 7. The zero-order valence-electron chi connectivity index (χ0n) is 24.4. The summed E-state index contributed by atoms with van der Waals surface area (Å²) in [5.41, 5.74) is -0.0277. The molecular formula is C32H21Cl3F6O7. The summed E-state index contributed by atoms with van der Waals surface area (Å²) in [6.45, 7) is 0. The van der Waals surface area contributed by atoms with E-state index in [1.54, 1.807) is 18.2 Å². The van der Waals surface area contributed by atoms with E-state index in [0.29, 0.717) is 22.4 Å². The average Bonchev–Trinajstić information content (AvgIpc) is 3.03. The topological polar surface area (TPSA) is 107 Å². The van der Waals surface area contributed by atoms with Crippen LogP contribution in [-0.2, 0) is 21.9 Å². The van der Waals surface area contributed by atoms with E-state index in [9.17, 15) is 50.6 Å². The third-order valence-electron chi connectivity index (χ3n) is 6.09. The van der Waals surface area contributed by atoms with Gasteiger partial charge in [-0.05, 0) is 94.5 Å². The van der Waals surface area contributed by atoms with Crippen molar-refractivity contribution >= 4 is 56.5 Å². The highest BCUT2D eigenvalue weighted by Crippen LogP contribution is 2.38. The van der Waals surface area contributed by atoms with Gasteiger partial charge in [0.05, 0.1) is 30.9 Å². The first-order valence-electron chi connectivity index (χ1n) is 12.8. The van der Waals surface area contributed by atoms with Gasteiger partial charge in [0, 0.05) is 16.7 Å². The molecule has 0 atom stereocenters. The molecule has 0 saturated heterocycles. The van der Waals surface area contributed by atoms with E-state index in [2.05, 4.69) is 23.2 Å². The first-order valence-corrected chi connectivity index (χ1v) is 14.0. The number of carbonyl (C=O) groups is 4. The van der Waals surface area contributed by atoms with E-state index in [1.165, 1.54) is 56.7 Å². The first-order chi connectivity index (χ1) is 22.3. The molecule has 0 bridgehead atoms. The van der Waals surface area contributed by atoms with Gasteiger partial charge in [-0.25, -0.2) is 4.79 Å². The van der Waals surface area contributed by atoms with Crippen molar-refractivity contribution in [3.05, 3.63) is 107 Å². The number of halogens is 9. The molecule has 0 saturated carbocycles. The van der Waals surface area contributed by atoms with Gasteiger partial charge in [0.2, 0.25) is 0 Å². The minimum Gasteiger partial charge on any atom is -0.496 e. The normalized spacial score (nSPS) is 10.8. The number of carbonyl (C=O) groups excluding carboxylic acids is 3. The maximum Gasteiger partial charge on any atom is 0.416 e. The Morgan fingerprint density at radius 1 is 0.562 bits per heavy atom. The van der Waals surface area contributed by atoms with Crippen LogP contribution in [0.3, 0.4) is 0 Å². The summed E-state index contributed by atoms with van der Waals surface area (Å²) in [4.78, 5) is 41.6. The van der Waals surface area contributed by atoms with Crippen LogP contribution in [-0.4, -0.2) is 41.0 Å². The van der Waals surface area contributed by atoms with Crippen LogP contribution in [0.5, 0.6) is 11.5 Å². The lowest BCUT2D eigenvalue weighted by Gasteiger charge is -2.13. The first kappa shape index (κ1) is 39.6. The molecule has 16 heteroatoms. The van der Waals surface area contributed by atoms with E-state index in [0.717, 1.165) is 24.3 Å². The summed E-state index contributed by atoms with van der Waals surface area (Å²) in [6.07, 6.45) is -8.85. The van der Waals surface area contributed by atoms with Gasteiger partial charge < -0.3 is 14.6 Å². The number of methoxy groups -OCH3 is 2. The average molecular weight is 738 g/mol. The number of aromatic carboxylic acids is 1.